The third-order valence-electron chi connectivity index (χ3n) is 6.80. The highest BCUT2D eigenvalue weighted by molar-refractivity contribution is 6.35. The van der Waals surface area contributed by atoms with Crippen molar-refractivity contribution < 1.29 is 9.53 Å². The minimum absolute atomic E-state index is 0.0251. The largest absolute Gasteiger partial charge is 0.442 e. The van der Waals surface area contributed by atoms with Crippen LogP contribution in [-0.2, 0) is 11.2 Å². The van der Waals surface area contributed by atoms with E-state index in [0.29, 0.717) is 22.6 Å². The number of aromatic nitrogens is 3. The SMILES string of the molecule is CC[C@@H](Cc1cc(Cl)c2ncc(C#N)c(NCC(C)(C)C)c2c1)c1cccc2c1c(C)nn2C(=O)OC(C)(C)C. The molecular formula is C32H38ClN5O2. The molecule has 0 aliphatic carbocycles. The van der Waals surface area contributed by atoms with E-state index in [1.807, 2.05) is 45.9 Å². The van der Waals surface area contributed by atoms with Gasteiger partial charge in [-0.05, 0) is 81.2 Å². The van der Waals surface area contributed by atoms with E-state index < -0.39 is 11.7 Å². The number of ether oxygens (including phenoxy) is 1. The highest BCUT2D eigenvalue weighted by atomic mass is 35.5. The minimum atomic E-state index is -0.622. The number of nitriles is 1. The number of fused-ring (bicyclic) bond motifs is 2. The van der Waals surface area contributed by atoms with Crippen molar-refractivity contribution >= 4 is 45.2 Å². The second kappa shape index (κ2) is 11.1. The predicted octanol–water partition coefficient (Wildman–Crippen LogP) is 8.40. The molecule has 2 heterocycles. The summed E-state index contributed by atoms with van der Waals surface area (Å²) in [6.07, 6.45) is 2.68. The Hall–Kier alpha value is -3.63. The fourth-order valence-corrected chi connectivity index (χ4v) is 5.28. The number of pyridine rings is 1. The van der Waals surface area contributed by atoms with Crippen LogP contribution in [0.3, 0.4) is 0 Å². The number of rotatable bonds is 6. The van der Waals surface area contributed by atoms with Gasteiger partial charge in [-0.1, -0.05) is 51.4 Å². The van der Waals surface area contributed by atoms with E-state index in [1.54, 1.807) is 6.20 Å². The molecule has 0 saturated carbocycles. The second-order valence-electron chi connectivity index (χ2n) is 12.6. The van der Waals surface area contributed by atoms with Gasteiger partial charge in [-0.25, -0.2) is 4.79 Å². The Kier molecular flexibility index (Phi) is 8.14. The van der Waals surface area contributed by atoms with Gasteiger partial charge in [0.1, 0.15) is 11.7 Å². The summed E-state index contributed by atoms with van der Waals surface area (Å²) in [5.74, 6) is 0.144. The highest BCUT2D eigenvalue weighted by Gasteiger charge is 2.24. The van der Waals surface area contributed by atoms with Crippen molar-refractivity contribution in [3.05, 3.63) is 63.9 Å². The average molecular weight is 560 g/mol. The lowest BCUT2D eigenvalue weighted by molar-refractivity contribution is 0.0522. The molecular weight excluding hydrogens is 522 g/mol. The summed E-state index contributed by atoms with van der Waals surface area (Å²) in [5.41, 5.74) is 5.01. The predicted molar refractivity (Wildman–Crippen MR) is 162 cm³/mol. The summed E-state index contributed by atoms with van der Waals surface area (Å²) in [6, 6.07) is 12.3. The first-order chi connectivity index (χ1) is 18.7. The van der Waals surface area contributed by atoms with E-state index in [9.17, 15) is 10.1 Å². The van der Waals surface area contributed by atoms with Crippen LogP contribution in [0, 0.1) is 23.7 Å². The Labute approximate surface area is 241 Å². The van der Waals surface area contributed by atoms with Gasteiger partial charge in [0, 0.05) is 23.5 Å². The van der Waals surface area contributed by atoms with Crippen LogP contribution in [-0.4, -0.2) is 33.0 Å². The molecule has 0 aliphatic heterocycles. The van der Waals surface area contributed by atoms with Crippen molar-refractivity contribution in [2.75, 3.05) is 11.9 Å². The van der Waals surface area contributed by atoms with Crippen LogP contribution in [0.5, 0.6) is 0 Å². The van der Waals surface area contributed by atoms with Crippen molar-refractivity contribution in [2.45, 2.75) is 79.8 Å². The van der Waals surface area contributed by atoms with Gasteiger partial charge in [0.15, 0.2) is 0 Å². The highest BCUT2D eigenvalue weighted by Crippen LogP contribution is 2.37. The zero-order valence-corrected chi connectivity index (χ0v) is 25.4. The van der Waals surface area contributed by atoms with Crippen LogP contribution in [0.1, 0.15) is 83.2 Å². The van der Waals surface area contributed by atoms with Gasteiger partial charge < -0.3 is 10.1 Å². The first-order valence-electron chi connectivity index (χ1n) is 13.7. The Morgan fingerprint density at radius 2 is 1.93 bits per heavy atom. The van der Waals surface area contributed by atoms with Gasteiger partial charge in [0.25, 0.3) is 0 Å². The number of carbonyl (C=O) groups is 1. The Bertz CT molecular complexity index is 1620. The molecule has 8 heteroatoms. The molecule has 0 aliphatic rings. The first kappa shape index (κ1) is 29.4. The maximum absolute atomic E-state index is 12.9. The number of nitrogens with zero attached hydrogens (tertiary/aromatic N) is 4. The van der Waals surface area contributed by atoms with E-state index in [2.05, 4.69) is 61.3 Å². The van der Waals surface area contributed by atoms with Crippen LogP contribution >= 0.6 is 11.6 Å². The molecule has 2 aromatic carbocycles. The topological polar surface area (TPSA) is 92.8 Å². The fourth-order valence-electron chi connectivity index (χ4n) is 4.99. The molecule has 0 amide bonds. The number of aryl methyl sites for hydroxylation is 1. The third kappa shape index (κ3) is 6.23. The lowest BCUT2D eigenvalue weighted by Gasteiger charge is -2.22. The zero-order chi connectivity index (χ0) is 29.4. The van der Waals surface area contributed by atoms with E-state index in [1.165, 1.54) is 4.68 Å². The maximum Gasteiger partial charge on any atom is 0.435 e. The van der Waals surface area contributed by atoms with E-state index in [0.717, 1.165) is 51.6 Å². The van der Waals surface area contributed by atoms with Crippen molar-refractivity contribution in [3.63, 3.8) is 0 Å². The number of hydrogen-bond donors (Lipinski definition) is 1. The molecule has 7 nitrogen and oxygen atoms in total. The maximum atomic E-state index is 12.9. The average Bonchev–Trinajstić information content (AvgIpc) is 3.21. The Morgan fingerprint density at radius 3 is 2.55 bits per heavy atom. The van der Waals surface area contributed by atoms with Gasteiger partial charge in [-0.3, -0.25) is 4.98 Å². The van der Waals surface area contributed by atoms with E-state index in [-0.39, 0.29) is 11.3 Å². The molecule has 0 spiro atoms. The molecule has 0 fully saturated rings. The standard InChI is InChI=1S/C32H38ClN5O2/c1-9-21(23-11-10-12-26-27(23)19(2)37-38(26)30(39)40-32(6,7)8)13-20-14-24-28(36-18-31(3,4)5)22(16-34)17-35-29(24)25(33)15-20/h10-12,14-15,17,21H,9,13,18H2,1-8H3,(H,35,36)/t21-/m0/s1. The lowest BCUT2D eigenvalue weighted by atomic mass is 9.87. The number of nitrogens with one attached hydrogen (secondary N) is 1. The molecule has 0 unspecified atom stereocenters. The van der Waals surface area contributed by atoms with E-state index in [4.69, 9.17) is 16.3 Å². The van der Waals surface area contributed by atoms with Crippen LogP contribution in [0.4, 0.5) is 10.5 Å². The third-order valence-corrected chi connectivity index (χ3v) is 7.08. The number of hydrogen-bond acceptors (Lipinski definition) is 6. The summed E-state index contributed by atoms with van der Waals surface area (Å²) in [5, 5.41) is 20.2. The van der Waals surface area contributed by atoms with Gasteiger partial charge in [-0.2, -0.15) is 15.0 Å². The molecule has 210 valence electrons. The monoisotopic (exact) mass is 559 g/mol. The van der Waals surface area contributed by atoms with Crippen LogP contribution in [0.2, 0.25) is 5.02 Å². The Balaban J connectivity index is 1.77. The minimum Gasteiger partial charge on any atom is -0.442 e. The molecule has 40 heavy (non-hydrogen) atoms. The van der Waals surface area contributed by atoms with Crippen molar-refractivity contribution in [1.29, 1.82) is 5.26 Å². The summed E-state index contributed by atoms with van der Waals surface area (Å²) in [7, 11) is 0. The molecule has 0 saturated heterocycles. The number of halogens is 1. The zero-order valence-electron chi connectivity index (χ0n) is 24.6. The van der Waals surface area contributed by atoms with Crippen molar-refractivity contribution in [1.82, 2.24) is 14.8 Å². The second-order valence-corrected chi connectivity index (χ2v) is 13.0. The molecule has 4 rings (SSSR count). The summed E-state index contributed by atoms with van der Waals surface area (Å²) in [4.78, 5) is 17.4. The number of anilines is 1. The first-order valence-corrected chi connectivity index (χ1v) is 14.1. The smallest absolute Gasteiger partial charge is 0.435 e. The normalized spacial score (nSPS) is 12.9. The summed E-state index contributed by atoms with van der Waals surface area (Å²) in [6.45, 7) is 16.7. The van der Waals surface area contributed by atoms with Gasteiger partial charge in [0.2, 0.25) is 0 Å². The van der Waals surface area contributed by atoms with Crippen molar-refractivity contribution in [3.8, 4) is 6.07 Å². The summed E-state index contributed by atoms with van der Waals surface area (Å²) < 4.78 is 6.97. The van der Waals surface area contributed by atoms with E-state index >= 15 is 0 Å². The van der Waals surface area contributed by atoms with Crippen LogP contribution < -0.4 is 5.32 Å². The van der Waals surface area contributed by atoms with Crippen LogP contribution in [0.15, 0.2) is 36.5 Å². The number of carbonyl (C=O) groups excluding carboxylic acids is 1. The molecule has 0 radical (unpaired) electrons. The molecule has 2 aromatic heterocycles. The van der Waals surface area contributed by atoms with Crippen LogP contribution in [0.25, 0.3) is 21.8 Å². The lowest BCUT2D eigenvalue weighted by Crippen LogP contribution is -2.27. The fraction of sp³-hybridized carbons (Fsp3) is 0.438. The van der Waals surface area contributed by atoms with Crippen molar-refractivity contribution in [2.24, 2.45) is 5.41 Å². The molecule has 0 bridgehead atoms. The van der Waals surface area contributed by atoms with Gasteiger partial charge in [0.05, 0.1) is 33.0 Å². The molecule has 4 aromatic rings. The quantitative estimate of drug-likeness (QED) is 0.255. The van der Waals surface area contributed by atoms with Gasteiger partial charge in [-0.15, -0.1) is 0 Å². The number of benzene rings is 2. The molecule has 1 N–H and O–H groups in total. The Morgan fingerprint density at radius 1 is 1.20 bits per heavy atom. The summed E-state index contributed by atoms with van der Waals surface area (Å²) >= 11 is 6.77. The molecule has 1 atom stereocenters. The van der Waals surface area contributed by atoms with Gasteiger partial charge >= 0.3 is 6.09 Å².